The number of amides is 2. The molecule has 3 aliphatic heterocycles. The number of urea groups is 1. The van der Waals surface area contributed by atoms with Crippen LogP contribution in [0.15, 0.2) is 30.3 Å². The van der Waals surface area contributed by atoms with E-state index in [2.05, 4.69) is 11.1 Å². The minimum absolute atomic E-state index is 0.0314. The molecule has 0 unspecified atom stereocenters. The molecule has 4 aliphatic rings. The van der Waals surface area contributed by atoms with E-state index in [1.807, 2.05) is 63.7 Å². The zero-order valence-corrected chi connectivity index (χ0v) is 24.7. The number of rotatable bonds is 5. The lowest BCUT2D eigenvalue weighted by Crippen LogP contribution is -2.75. The number of hydrogen-bond donors (Lipinski definition) is 1. The molecule has 6 heterocycles. The van der Waals surface area contributed by atoms with Crippen molar-refractivity contribution in [2.75, 3.05) is 56.1 Å². The van der Waals surface area contributed by atoms with E-state index in [9.17, 15) is 15.2 Å². The first kappa shape index (κ1) is 26.4. The van der Waals surface area contributed by atoms with Gasteiger partial charge in [0.25, 0.3) is 0 Å². The number of β-amino-alcohol motifs (C(OH)–C–C–N with tert-alkyl or cyclic N) is 1. The van der Waals surface area contributed by atoms with Gasteiger partial charge in [-0.1, -0.05) is 41.2 Å². The van der Waals surface area contributed by atoms with Crippen LogP contribution in [-0.4, -0.2) is 93.1 Å². The SMILES string of the molecule is Cc1ccc(-c2nc(N(C)c3c4cc(N5CC6(CN(C(=O)N7CC(O)C7)C6)C5)c(F)nc4nn3C3CC3)sc2C#N)cc1. The van der Waals surface area contributed by atoms with Gasteiger partial charge in [0.05, 0.1) is 36.3 Å². The number of fused-ring (bicyclic) bond motifs is 1. The topological polar surface area (TPSA) is 118 Å². The van der Waals surface area contributed by atoms with Crippen LogP contribution >= 0.6 is 11.3 Å². The summed E-state index contributed by atoms with van der Waals surface area (Å²) in [6.07, 6.45) is 1.55. The van der Waals surface area contributed by atoms with Gasteiger partial charge in [-0.25, -0.2) is 14.5 Å². The van der Waals surface area contributed by atoms with Crippen LogP contribution in [0.1, 0.15) is 29.3 Å². The Hall–Kier alpha value is -4.28. The molecule has 13 heteroatoms. The van der Waals surface area contributed by atoms with Gasteiger partial charge in [0.15, 0.2) is 10.8 Å². The van der Waals surface area contributed by atoms with Crippen molar-refractivity contribution >= 4 is 45.0 Å². The number of aliphatic hydroxyl groups excluding tert-OH is 1. The van der Waals surface area contributed by atoms with Crippen molar-refractivity contribution < 1.29 is 14.3 Å². The van der Waals surface area contributed by atoms with Crippen molar-refractivity contribution in [1.82, 2.24) is 29.5 Å². The average molecular weight is 600 g/mol. The van der Waals surface area contributed by atoms with Gasteiger partial charge in [0, 0.05) is 44.2 Å². The highest BCUT2D eigenvalue weighted by Crippen LogP contribution is 2.47. The number of aromatic nitrogens is 4. The number of nitriles is 1. The Morgan fingerprint density at radius 1 is 1.14 bits per heavy atom. The summed E-state index contributed by atoms with van der Waals surface area (Å²) in [5, 5.41) is 25.5. The zero-order chi connectivity index (χ0) is 29.6. The Labute approximate surface area is 251 Å². The van der Waals surface area contributed by atoms with Gasteiger partial charge in [-0.2, -0.15) is 19.7 Å². The molecule has 0 atom stereocenters. The fourth-order valence-electron chi connectivity index (χ4n) is 6.48. The van der Waals surface area contributed by atoms with E-state index < -0.39 is 12.1 Å². The Bertz CT molecular complexity index is 1810. The monoisotopic (exact) mass is 599 g/mol. The van der Waals surface area contributed by atoms with E-state index >= 15 is 4.39 Å². The lowest BCUT2D eigenvalue weighted by molar-refractivity contribution is -0.0330. The number of anilines is 3. The quantitative estimate of drug-likeness (QED) is 0.344. The molecule has 43 heavy (non-hydrogen) atoms. The third-order valence-electron chi connectivity index (χ3n) is 8.99. The molecular weight excluding hydrogens is 569 g/mol. The van der Waals surface area contributed by atoms with Crippen LogP contribution in [0.2, 0.25) is 0 Å². The molecule has 220 valence electrons. The second-order valence-corrected chi connectivity index (χ2v) is 13.4. The van der Waals surface area contributed by atoms with E-state index in [-0.39, 0.29) is 17.5 Å². The maximum absolute atomic E-state index is 15.4. The molecule has 0 bridgehead atoms. The van der Waals surface area contributed by atoms with Crippen molar-refractivity contribution in [3.63, 3.8) is 0 Å². The second kappa shape index (κ2) is 9.36. The Morgan fingerprint density at radius 3 is 2.51 bits per heavy atom. The first-order valence-electron chi connectivity index (χ1n) is 14.5. The van der Waals surface area contributed by atoms with Crippen LogP contribution in [0.25, 0.3) is 22.3 Å². The Morgan fingerprint density at radius 2 is 1.86 bits per heavy atom. The summed E-state index contributed by atoms with van der Waals surface area (Å²) in [6.45, 7) is 5.36. The van der Waals surface area contributed by atoms with Crippen LogP contribution in [0, 0.1) is 29.6 Å². The Kier molecular flexibility index (Phi) is 5.74. The van der Waals surface area contributed by atoms with Crippen molar-refractivity contribution in [2.24, 2.45) is 5.41 Å². The van der Waals surface area contributed by atoms with Gasteiger partial charge >= 0.3 is 6.03 Å². The van der Waals surface area contributed by atoms with E-state index in [0.717, 1.165) is 35.2 Å². The summed E-state index contributed by atoms with van der Waals surface area (Å²) in [5.41, 5.74) is 3.39. The van der Waals surface area contributed by atoms with Crippen LogP contribution in [-0.2, 0) is 0 Å². The molecule has 8 rings (SSSR count). The standard InChI is InChI=1S/C30H30FN9O2S/c1-17-3-5-18(6-4-17)24-23(10-32)43-28(33-24)36(2)27-21-9-22(25(31)34-26(21)35-40(27)19-7-8-19)38-13-30(14-38)15-39(16-30)29(42)37-11-20(41)12-37/h3-6,9,19-20,41H,7-8,11-16H2,1-2H3. The molecule has 4 fully saturated rings. The second-order valence-electron chi connectivity index (χ2n) is 12.4. The average Bonchev–Trinajstić information content (AvgIpc) is 3.58. The Balaban J connectivity index is 1.08. The molecule has 3 saturated heterocycles. The van der Waals surface area contributed by atoms with Crippen molar-refractivity contribution in [3.8, 4) is 17.3 Å². The summed E-state index contributed by atoms with van der Waals surface area (Å²) in [6, 6.07) is 12.3. The number of nitrogens with zero attached hydrogens (tertiary/aromatic N) is 9. The summed E-state index contributed by atoms with van der Waals surface area (Å²) in [4.78, 5) is 29.7. The maximum atomic E-state index is 15.4. The third-order valence-corrected chi connectivity index (χ3v) is 10.0. The number of likely N-dealkylation sites (tertiary alicyclic amines) is 2. The molecular formula is C30H30FN9O2S. The highest BCUT2D eigenvalue weighted by Gasteiger charge is 2.55. The molecule has 4 aromatic rings. The maximum Gasteiger partial charge on any atom is 0.320 e. The van der Waals surface area contributed by atoms with Crippen LogP contribution in [0.5, 0.6) is 0 Å². The molecule has 1 N–H and O–H groups in total. The number of carbonyl (C=O) groups excluding carboxylic acids is 1. The van der Waals surface area contributed by atoms with Gasteiger partial charge in [0.2, 0.25) is 5.95 Å². The van der Waals surface area contributed by atoms with E-state index in [4.69, 9.17) is 10.1 Å². The minimum Gasteiger partial charge on any atom is -0.389 e. The van der Waals surface area contributed by atoms with Gasteiger partial charge < -0.3 is 24.7 Å². The van der Waals surface area contributed by atoms with Crippen LogP contribution in [0.3, 0.4) is 0 Å². The number of aliphatic hydroxyl groups is 1. The molecule has 1 aromatic carbocycles. The van der Waals surface area contributed by atoms with Crippen LogP contribution < -0.4 is 9.80 Å². The van der Waals surface area contributed by atoms with Crippen molar-refractivity contribution in [2.45, 2.75) is 31.9 Å². The first-order valence-corrected chi connectivity index (χ1v) is 15.3. The zero-order valence-electron chi connectivity index (χ0n) is 23.9. The molecule has 1 aliphatic carbocycles. The molecule has 0 radical (unpaired) electrons. The van der Waals surface area contributed by atoms with E-state index in [1.165, 1.54) is 11.3 Å². The van der Waals surface area contributed by atoms with E-state index in [0.29, 0.717) is 66.3 Å². The molecule has 3 aromatic heterocycles. The summed E-state index contributed by atoms with van der Waals surface area (Å²) in [7, 11) is 1.91. The van der Waals surface area contributed by atoms with Crippen molar-refractivity contribution in [1.29, 1.82) is 5.26 Å². The first-order chi connectivity index (χ1) is 20.7. The van der Waals surface area contributed by atoms with Gasteiger partial charge in [-0.3, -0.25) is 0 Å². The highest BCUT2D eigenvalue weighted by atomic mass is 32.1. The number of pyridine rings is 1. The minimum atomic E-state index is -0.554. The van der Waals surface area contributed by atoms with Crippen LogP contribution in [0.4, 0.5) is 25.8 Å². The summed E-state index contributed by atoms with van der Waals surface area (Å²) < 4.78 is 17.3. The number of carbonyl (C=O) groups is 1. The normalized spacial score (nSPS) is 19.3. The largest absolute Gasteiger partial charge is 0.389 e. The molecule has 1 saturated carbocycles. The number of thiazole rings is 1. The van der Waals surface area contributed by atoms with E-state index in [1.54, 1.807) is 4.90 Å². The predicted molar refractivity (Wildman–Crippen MR) is 160 cm³/mol. The third kappa shape index (κ3) is 4.23. The number of halogens is 1. The molecule has 1 spiro atoms. The van der Waals surface area contributed by atoms with Crippen molar-refractivity contribution in [3.05, 3.63) is 46.7 Å². The van der Waals surface area contributed by atoms with Gasteiger partial charge in [-0.05, 0) is 25.8 Å². The fraction of sp³-hybridized carbons (Fsp3) is 0.433. The molecule has 2 amide bonds. The van der Waals surface area contributed by atoms with Gasteiger partial charge in [-0.15, -0.1) is 0 Å². The smallest absolute Gasteiger partial charge is 0.320 e. The lowest BCUT2D eigenvalue weighted by atomic mass is 9.72. The lowest BCUT2D eigenvalue weighted by Gasteiger charge is -2.61. The number of aryl methyl sites for hydroxylation is 1. The highest BCUT2D eigenvalue weighted by molar-refractivity contribution is 7.16. The summed E-state index contributed by atoms with van der Waals surface area (Å²) >= 11 is 1.32. The fourth-order valence-corrected chi connectivity index (χ4v) is 7.33. The number of benzene rings is 1. The predicted octanol–water partition coefficient (Wildman–Crippen LogP) is 3.90. The molecule has 11 nitrogen and oxygen atoms in total. The van der Waals surface area contributed by atoms with Gasteiger partial charge in [0.1, 0.15) is 22.5 Å². The number of hydrogen-bond acceptors (Lipinski definition) is 9. The summed E-state index contributed by atoms with van der Waals surface area (Å²) in [5.74, 6) is 0.230.